The molecule has 0 bridgehead atoms. The summed E-state index contributed by atoms with van der Waals surface area (Å²) < 4.78 is 0. The van der Waals surface area contributed by atoms with Gasteiger partial charge >= 0.3 is 0 Å². The van der Waals surface area contributed by atoms with E-state index in [0.717, 1.165) is 12.3 Å². The molecular formula is C21H30. The van der Waals surface area contributed by atoms with E-state index in [9.17, 15) is 0 Å². The minimum Gasteiger partial charge on any atom is -0.0955 e. The fraction of sp³-hybridized carbons (Fsp3) is 0.524. The Morgan fingerprint density at radius 2 is 1.52 bits per heavy atom. The Morgan fingerprint density at radius 1 is 1.00 bits per heavy atom. The van der Waals surface area contributed by atoms with Crippen molar-refractivity contribution in [1.29, 1.82) is 0 Å². The van der Waals surface area contributed by atoms with E-state index in [2.05, 4.69) is 46.1 Å². The standard InChI is InChI=1S/C21H30/c1-6-9-18-13-21(16(4)5)19(14-20(18)15(2)3)12-17-10-7-8-11-17/h13-14,17H,2,4,6-12H2,1,3,5H3. The van der Waals surface area contributed by atoms with Gasteiger partial charge in [0, 0.05) is 0 Å². The van der Waals surface area contributed by atoms with Crippen molar-refractivity contribution in [2.75, 3.05) is 0 Å². The van der Waals surface area contributed by atoms with Crippen molar-refractivity contribution in [2.45, 2.75) is 65.7 Å². The summed E-state index contributed by atoms with van der Waals surface area (Å²) in [5.74, 6) is 0.873. The fourth-order valence-electron chi connectivity index (χ4n) is 3.65. The molecule has 0 N–H and O–H groups in total. The molecule has 0 unspecified atom stereocenters. The van der Waals surface area contributed by atoms with Gasteiger partial charge in [-0.1, -0.05) is 75.5 Å². The zero-order valence-corrected chi connectivity index (χ0v) is 14.1. The molecule has 0 nitrogen and oxygen atoms in total. The molecule has 0 heteroatoms. The van der Waals surface area contributed by atoms with E-state index in [1.165, 1.54) is 71.9 Å². The number of hydrogen-bond donors (Lipinski definition) is 0. The molecule has 0 saturated heterocycles. The quantitative estimate of drug-likeness (QED) is 0.563. The van der Waals surface area contributed by atoms with Crippen molar-refractivity contribution in [1.82, 2.24) is 0 Å². The molecule has 0 radical (unpaired) electrons. The maximum atomic E-state index is 4.21. The second kappa shape index (κ2) is 7.11. The largest absolute Gasteiger partial charge is 0.0955 e. The molecular weight excluding hydrogens is 252 g/mol. The first-order valence-electron chi connectivity index (χ1n) is 8.50. The third-order valence-corrected chi connectivity index (χ3v) is 4.75. The van der Waals surface area contributed by atoms with Crippen LogP contribution in [0.5, 0.6) is 0 Å². The lowest BCUT2D eigenvalue weighted by Crippen LogP contribution is -2.05. The molecule has 0 heterocycles. The van der Waals surface area contributed by atoms with Gasteiger partial charge in [-0.05, 0) is 54.9 Å². The zero-order chi connectivity index (χ0) is 15.4. The Balaban J connectivity index is 2.42. The van der Waals surface area contributed by atoms with Crippen LogP contribution in [0.4, 0.5) is 0 Å². The molecule has 21 heavy (non-hydrogen) atoms. The van der Waals surface area contributed by atoms with Crippen LogP contribution in [0.2, 0.25) is 0 Å². The summed E-state index contributed by atoms with van der Waals surface area (Å²) in [5, 5.41) is 0. The fourth-order valence-corrected chi connectivity index (χ4v) is 3.65. The Morgan fingerprint density at radius 3 is 2.05 bits per heavy atom. The normalized spacial score (nSPS) is 15.4. The average Bonchev–Trinajstić information content (AvgIpc) is 2.92. The van der Waals surface area contributed by atoms with E-state index in [1.807, 2.05) is 0 Å². The van der Waals surface area contributed by atoms with E-state index < -0.39 is 0 Å². The van der Waals surface area contributed by atoms with Crippen LogP contribution >= 0.6 is 0 Å². The molecule has 0 amide bonds. The van der Waals surface area contributed by atoms with Gasteiger partial charge in [0.05, 0.1) is 0 Å². The van der Waals surface area contributed by atoms with Gasteiger partial charge < -0.3 is 0 Å². The molecule has 0 aliphatic heterocycles. The minimum absolute atomic E-state index is 0.873. The summed E-state index contributed by atoms with van der Waals surface area (Å²) in [6.07, 6.45) is 9.14. The molecule has 0 aromatic heterocycles. The summed E-state index contributed by atoms with van der Waals surface area (Å²) in [7, 11) is 0. The highest BCUT2D eigenvalue weighted by Crippen LogP contribution is 2.33. The van der Waals surface area contributed by atoms with Gasteiger partial charge in [0.2, 0.25) is 0 Å². The predicted molar refractivity (Wildman–Crippen MR) is 95.5 cm³/mol. The van der Waals surface area contributed by atoms with Crippen LogP contribution in [0.25, 0.3) is 11.1 Å². The smallest absolute Gasteiger partial charge is 0.0198 e. The molecule has 1 aliphatic rings. The van der Waals surface area contributed by atoms with Gasteiger partial charge in [-0.2, -0.15) is 0 Å². The van der Waals surface area contributed by atoms with Crippen LogP contribution in [0.15, 0.2) is 25.3 Å². The molecule has 1 aliphatic carbocycles. The Kier molecular flexibility index (Phi) is 5.45. The van der Waals surface area contributed by atoms with Gasteiger partial charge in [-0.25, -0.2) is 0 Å². The number of hydrogen-bond acceptors (Lipinski definition) is 0. The van der Waals surface area contributed by atoms with Crippen molar-refractivity contribution < 1.29 is 0 Å². The molecule has 2 rings (SSSR count). The monoisotopic (exact) mass is 282 g/mol. The minimum atomic E-state index is 0.873. The Labute approximate surface area is 131 Å². The summed E-state index contributed by atoms with van der Waals surface area (Å²) in [5.41, 5.74) is 8.09. The molecule has 0 atom stereocenters. The van der Waals surface area contributed by atoms with Gasteiger partial charge in [-0.15, -0.1) is 0 Å². The predicted octanol–water partition coefficient (Wildman–Crippen LogP) is 6.44. The summed E-state index contributed by atoms with van der Waals surface area (Å²) in [6.45, 7) is 14.9. The van der Waals surface area contributed by atoms with Crippen molar-refractivity contribution in [3.63, 3.8) is 0 Å². The third-order valence-electron chi connectivity index (χ3n) is 4.75. The third kappa shape index (κ3) is 3.87. The van der Waals surface area contributed by atoms with Crippen LogP contribution in [0.1, 0.15) is 75.1 Å². The first-order valence-corrected chi connectivity index (χ1v) is 8.50. The average molecular weight is 282 g/mol. The number of benzene rings is 1. The van der Waals surface area contributed by atoms with Gasteiger partial charge in [0.25, 0.3) is 0 Å². The SMILES string of the molecule is C=C(C)c1cc(CC2CCCC2)c(C(=C)C)cc1CCC. The number of rotatable bonds is 6. The van der Waals surface area contributed by atoms with Crippen molar-refractivity contribution in [2.24, 2.45) is 5.92 Å². The second-order valence-corrected chi connectivity index (χ2v) is 6.83. The highest BCUT2D eigenvalue weighted by Gasteiger charge is 2.18. The molecule has 1 fully saturated rings. The highest BCUT2D eigenvalue weighted by atomic mass is 14.2. The van der Waals surface area contributed by atoms with Gasteiger partial charge in [0.15, 0.2) is 0 Å². The van der Waals surface area contributed by atoms with E-state index in [1.54, 1.807) is 0 Å². The molecule has 1 saturated carbocycles. The summed E-state index contributed by atoms with van der Waals surface area (Å²) in [6, 6.07) is 4.80. The molecule has 114 valence electrons. The van der Waals surface area contributed by atoms with Crippen LogP contribution in [0.3, 0.4) is 0 Å². The lowest BCUT2D eigenvalue weighted by molar-refractivity contribution is 0.546. The van der Waals surface area contributed by atoms with Crippen LogP contribution in [-0.2, 0) is 12.8 Å². The second-order valence-electron chi connectivity index (χ2n) is 6.83. The van der Waals surface area contributed by atoms with Crippen LogP contribution < -0.4 is 0 Å². The lowest BCUT2D eigenvalue weighted by atomic mass is 9.86. The van der Waals surface area contributed by atoms with E-state index in [-0.39, 0.29) is 0 Å². The Bertz CT molecular complexity index is 527. The first kappa shape index (κ1) is 16.1. The molecule has 1 aromatic carbocycles. The summed E-state index contributed by atoms with van der Waals surface area (Å²) >= 11 is 0. The number of allylic oxidation sites excluding steroid dienone is 2. The van der Waals surface area contributed by atoms with Crippen LogP contribution in [-0.4, -0.2) is 0 Å². The van der Waals surface area contributed by atoms with Crippen molar-refractivity contribution >= 4 is 11.1 Å². The maximum absolute atomic E-state index is 4.21. The molecule has 1 aromatic rings. The molecule has 0 spiro atoms. The topological polar surface area (TPSA) is 0 Å². The van der Waals surface area contributed by atoms with E-state index >= 15 is 0 Å². The zero-order valence-electron chi connectivity index (χ0n) is 14.1. The van der Waals surface area contributed by atoms with Crippen molar-refractivity contribution in [3.8, 4) is 0 Å². The highest BCUT2D eigenvalue weighted by molar-refractivity contribution is 5.72. The lowest BCUT2D eigenvalue weighted by Gasteiger charge is -2.19. The number of aryl methyl sites for hydroxylation is 1. The maximum Gasteiger partial charge on any atom is -0.0198 e. The van der Waals surface area contributed by atoms with Crippen molar-refractivity contribution in [3.05, 3.63) is 47.5 Å². The van der Waals surface area contributed by atoms with Gasteiger partial charge in [-0.3, -0.25) is 0 Å². The van der Waals surface area contributed by atoms with Gasteiger partial charge in [0.1, 0.15) is 0 Å². The first-order chi connectivity index (χ1) is 10.0. The van der Waals surface area contributed by atoms with Crippen LogP contribution in [0, 0.1) is 5.92 Å². The van der Waals surface area contributed by atoms with E-state index in [4.69, 9.17) is 0 Å². The summed E-state index contributed by atoms with van der Waals surface area (Å²) in [4.78, 5) is 0. The van der Waals surface area contributed by atoms with E-state index in [0.29, 0.717) is 0 Å². The Hall–Kier alpha value is -1.30.